The number of anilines is 4. The highest BCUT2D eigenvalue weighted by Gasteiger charge is 2.14. The van der Waals surface area contributed by atoms with Gasteiger partial charge in [0.05, 0.1) is 18.1 Å². The average molecular weight is 474 g/mol. The molecule has 2 aromatic heterocycles. The van der Waals surface area contributed by atoms with Crippen molar-refractivity contribution in [2.75, 3.05) is 41.8 Å². The molecule has 1 fully saturated rings. The van der Waals surface area contributed by atoms with Gasteiger partial charge in [0.1, 0.15) is 5.82 Å². The molecule has 0 bridgehead atoms. The summed E-state index contributed by atoms with van der Waals surface area (Å²) in [4.78, 5) is 24.2. The molecule has 1 saturated heterocycles. The van der Waals surface area contributed by atoms with Crippen molar-refractivity contribution in [1.82, 2.24) is 9.97 Å². The van der Waals surface area contributed by atoms with Crippen LogP contribution in [0.1, 0.15) is 15.4 Å². The minimum atomic E-state index is -0.126. The number of benzene rings is 1. The van der Waals surface area contributed by atoms with E-state index in [-0.39, 0.29) is 5.91 Å². The lowest BCUT2D eigenvalue weighted by atomic mass is 10.2. The second-order valence-corrected chi connectivity index (χ2v) is 8.40. The Bertz CT molecular complexity index is 1000. The Morgan fingerprint density at radius 1 is 1.14 bits per heavy atom. The molecule has 1 aromatic carbocycles. The lowest BCUT2D eigenvalue weighted by Crippen LogP contribution is -2.36. The number of amides is 1. The molecule has 0 atom stereocenters. The second kappa shape index (κ2) is 8.89. The first kappa shape index (κ1) is 19.8. The Morgan fingerprint density at radius 2 is 1.86 bits per heavy atom. The van der Waals surface area contributed by atoms with Gasteiger partial charge >= 0.3 is 0 Å². The Balaban J connectivity index is 1.43. The van der Waals surface area contributed by atoms with Crippen LogP contribution in [0, 0.1) is 6.92 Å². The second-order valence-electron chi connectivity index (χ2n) is 6.58. The first-order chi connectivity index (χ1) is 14.1. The van der Waals surface area contributed by atoms with Gasteiger partial charge in [0.2, 0.25) is 5.95 Å². The third-order valence-corrected chi connectivity index (χ3v) is 6.06. The molecule has 0 saturated carbocycles. The largest absolute Gasteiger partial charge is 0.378 e. The first-order valence-corrected chi connectivity index (χ1v) is 10.8. The SMILES string of the molecule is Cc1cc(N2CCOCC2)nc(Nc2ccc(NC(=O)c3cc(Br)cs3)cc2)n1. The Hall–Kier alpha value is -2.49. The predicted octanol–water partition coefficient (Wildman–Crippen LogP) is 4.44. The summed E-state index contributed by atoms with van der Waals surface area (Å²) in [5.41, 5.74) is 2.47. The van der Waals surface area contributed by atoms with E-state index >= 15 is 0 Å². The zero-order valence-corrected chi connectivity index (χ0v) is 18.2. The number of morpholine rings is 1. The third-order valence-electron chi connectivity index (χ3n) is 4.37. The zero-order valence-electron chi connectivity index (χ0n) is 15.8. The summed E-state index contributed by atoms with van der Waals surface area (Å²) >= 11 is 4.76. The summed E-state index contributed by atoms with van der Waals surface area (Å²) in [5.74, 6) is 1.32. The highest BCUT2D eigenvalue weighted by molar-refractivity contribution is 9.10. The van der Waals surface area contributed by atoms with Crippen LogP contribution < -0.4 is 15.5 Å². The van der Waals surface area contributed by atoms with Crippen molar-refractivity contribution in [3.8, 4) is 0 Å². The van der Waals surface area contributed by atoms with Crippen molar-refractivity contribution in [2.24, 2.45) is 0 Å². The summed E-state index contributed by atoms with van der Waals surface area (Å²) < 4.78 is 6.32. The van der Waals surface area contributed by atoms with E-state index in [0.717, 1.165) is 40.4 Å². The van der Waals surface area contributed by atoms with Crippen molar-refractivity contribution < 1.29 is 9.53 Å². The van der Waals surface area contributed by atoms with Gasteiger partial charge in [-0.05, 0) is 53.2 Å². The molecule has 1 amide bonds. The van der Waals surface area contributed by atoms with Crippen LogP contribution in [-0.4, -0.2) is 42.2 Å². The molecular formula is C20H20BrN5O2S. The molecule has 3 heterocycles. The number of halogens is 1. The minimum Gasteiger partial charge on any atom is -0.378 e. The fourth-order valence-electron chi connectivity index (χ4n) is 2.95. The van der Waals surface area contributed by atoms with Gasteiger partial charge in [-0.3, -0.25) is 4.79 Å². The van der Waals surface area contributed by atoms with Crippen LogP contribution >= 0.6 is 27.3 Å². The monoisotopic (exact) mass is 473 g/mol. The Labute approximate surface area is 181 Å². The number of hydrogen-bond acceptors (Lipinski definition) is 7. The maximum Gasteiger partial charge on any atom is 0.265 e. The van der Waals surface area contributed by atoms with Crippen molar-refractivity contribution in [3.05, 3.63) is 56.8 Å². The number of carbonyl (C=O) groups excluding carboxylic acids is 1. The highest BCUT2D eigenvalue weighted by Crippen LogP contribution is 2.23. The molecule has 0 radical (unpaired) electrons. The lowest BCUT2D eigenvalue weighted by Gasteiger charge is -2.28. The summed E-state index contributed by atoms with van der Waals surface area (Å²) in [6, 6.07) is 11.3. The molecule has 2 N–H and O–H groups in total. The molecule has 4 rings (SSSR count). The van der Waals surface area contributed by atoms with E-state index in [2.05, 4.69) is 41.4 Å². The third kappa shape index (κ3) is 5.11. The summed E-state index contributed by atoms with van der Waals surface area (Å²) in [6.07, 6.45) is 0. The average Bonchev–Trinajstić information content (AvgIpc) is 3.16. The number of aromatic nitrogens is 2. The molecule has 1 aliphatic rings. The van der Waals surface area contributed by atoms with Gasteiger partial charge in [0.25, 0.3) is 5.91 Å². The molecule has 150 valence electrons. The number of hydrogen-bond donors (Lipinski definition) is 2. The normalized spacial score (nSPS) is 13.9. The maximum absolute atomic E-state index is 12.3. The number of nitrogens with one attached hydrogen (secondary N) is 2. The number of carbonyl (C=O) groups is 1. The Morgan fingerprint density at radius 3 is 2.55 bits per heavy atom. The van der Waals surface area contributed by atoms with Gasteiger partial charge in [-0.2, -0.15) is 4.98 Å². The van der Waals surface area contributed by atoms with E-state index in [9.17, 15) is 4.79 Å². The van der Waals surface area contributed by atoms with Gasteiger partial charge in [-0.25, -0.2) is 4.98 Å². The molecule has 0 spiro atoms. The summed E-state index contributed by atoms with van der Waals surface area (Å²) in [6.45, 7) is 5.03. The standard InChI is InChI=1S/C20H20BrN5O2S/c1-13-10-18(26-6-8-28-9-7-26)25-20(22-13)24-16-4-2-15(3-5-16)23-19(27)17-11-14(21)12-29-17/h2-5,10-12H,6-9H2,1H3,(H,23,27)(H,22,24,25). The van der Waals surface area contributed by atoms with E-state index in [1.165, 1.54) is 11.3 Å². The molecule has 1 aliphatic heterocycles. The van der Waals surface area contributed by atoms with Gasteiger partial charge < -0.3 is 20.3 Å². The highest BCUT2D eigenvalue weighted by atomic mass is 79.9. The van der Waals surface area contributed by atoms with Gasteiger partial charge in [-0.1, -0.05) is 0 Å². The molecule has 29 heavy (non-hydrogen) atoms. The first-order valence-electron chi connectivity index (χ1n) is 9.18. The number of ether oxygens (including phenoxy) is 1. The number of rotatable bonds is 5. The number of nitrogens with zero attached hydrogens (tertiary/aromatic N) is 3. The van der Waals surface area contributed by atoms with E-state index < -0.39 is 0 Å². The van der Waals surface area contributed by atoms with E-state index in [0.29, 0.717) is 24.0 Å². The fraction of sp³-hybridized carbons (Fsp3) is 0.250. The molecule has 0 aliphatic carbocycles. The van der Waals surface area contributed by atoms with Crippen LogP contribution in [0.25, 0.3) is 0 Å². The summed E-state index contributed by atoms with van der Waals surface area (Å²) in [7, 11) is 0. The molecule has 9 heteroatoms. The quantitative estimate of drug-likeness (QED) is 0.569. The van der Waals surface area contributed by atoms with Crippen molar-refractivity contribution in [3.63, 3.8) is 0 Å². The van der Waals surface area contributed by atoms with Crippen LogP contribution in [0.15, 0.2) is 46.3 Å². The zero-order chi connectivity index (χ0) is 20.2. The van der Waals surface area contributed by atoms with Crippen LogP contribution in [0.3, 0.4) is 0 Å². The van der Waals surface area contributed by atoms with Gasteiger partial charge in [0, 0.05) is 46.1 Å². The van der Waals surface area contributed by atoms with Crippen molar-refractivity contribution in [2.45, 2.75) is 6.92 Å². The summed E-state index contributed by atoms with van der Waals surface area (Å²) in [5, 5.41) is 8.02. The van der Waals surface area contributed by atoms with Crippen molar-refractivity contribution in [1.29, 1.82) is 0 Å². The topological polar surface area (TPSA) is 79.4 Å². The molecular weight excluding hydrogens is 454 g/mol. The maximum atomic E-state index is 12.3. The van der Waals surface area contributed by atoms with E-state index in [4.69, 9.17) is 4.74 Å². The van der Waals surface area contributed by atoms with Crippen LogP contribution in [-0.2, 0) is 4.74 Å². The lowest BCUT2D eigenvalue weighted by molar-refractivity contribution is 0.103. The van der Waals surface area contributed by atoms with Crippen LogP contribution in [0.4, 0.5) is 23.1 Å². The number of thiophene rings is 1. The number of aryl methyl sites for hydroxylation is 1. The van der Waals surface area contributed by atoms with Gasteiger partial charge in [-0.15, -0.1) is 11.3 Å². The molecule has 0 unspecified atom stereocenters. The minimum absolute atomic E-state index is 0.126. The molecule has 7 nitrogen and oxygen atoms in total. The molecule has 3 aromatic rings. The van der Waals surface area contributed by atoms with E-state index in [1.807, 2.05) is 42.6 Å². The predicted molar refractivity (Wildman–Crippen MR) is 119 cm³/mol. The van der Waals surface area contributed by atoms with Crippen LogP contribution in [0.2, 0.25) is 0 Å². The van der Waals surface area contributed by atoms with Gasteiger partial charge in [0.15, 0.2) is 0 Å². The van der Waals surface area contributed by atoms with Crippen LogP contribution in [0.5, 0.6) is 0 Å². The fourth-order valence-corrected chi connectivity index (χ4v) is 4.27. The Kier molecular flexibility index (Phi) is 6.08. The van der Waals surface area contributed by atoms with Crippen molar-refractivity contribution >= 4 is 56.3 Å². The van der Waals surface area contributed by atoms with E-state index in [1.54, 1.807) is 6.07 Å². The smallest absolute Gasteiger partial charge is 0.265 e.